The van der Waals surface area contributed by atoms with Crippen LogP contribution in [0.4, 0.5) is 0 Å². The lowest BCUT2D eigenvalue weighted by Crippen LogP contribution is -2.04. The van der Waals surface area contributed by atoms with Crippen molar-refractivity contribution in [3.63, 3.8) is 0 Å². The fraction of sp³-hybridized carbons (Fsp3) is 0.500. The van der Waals surface area contributed by atoms with Crippen LogP contribution in [0.25, 0.3) is 0 Å². The molecular formula is C6H10BrN3. The maximum Gasteiger partial charge on any atom is 0.115 e. The molecule has 0 spiro atoms. The molecule has 1 heterocycles. The van der Waals surface area contributed by atoms with Crippen LogP contribution >= 0.6 is 16.1 Å². The van der Waals surface area contributed by atoms with Crippen LogP contribution in [0.3, 0.4) is 0 Å². The molecule has 0 amide bonds. The highest BCUT2D eigenvalue weighted by molar-refractivity contribution is 9.08. The number of rotatable bonds is 1. The van der Waals surface area contributed by atoms with Gasteiger partial charge in [0.15, 0.2) is 0 Å². The number of halogens is 1. The van der Waals surface area contributed by atoms with Crippen molar-refractivity contribution in [3.8, 4) is 0 Å². The highest BCUT2D eigenvalue weighted by atomic mass is 79.9. The molecule has 1 aromatic rings. The Bertz CT molecular complexity index is 209. The van der Waals surface area contributed by atoms with E-state index >= 15 is 0 Å². The minimum absolute atomic E-state index is 0.0116. The van der Waals surface area contributed by atoms with Gasteiger partial charge in [-0.3, -0.25) is 3.59 Å². The van der Waals surface area contributed by atoms with Crippen LogP contribution in [-0.4, -0.2) is 8.58 Å². The molecule has 1 atom stereocenters. The number of hydrogen-bond acceptors (Lipinski definition) is 2. The second-order valence-corrected chi connectivity index (χ2v) is 3.08. The third-order valence-electron chi connectivity index (χ3n) is 1.31. The molecule has 2 N–H and O–H groups in total. The van der Waals surface area contributed by atoms with Crippen LogP contribution in [0.15, 0.2) is 6.20 Å². The van der Waals surface area contributed by atoms with Crippen molar-refractivity contribution in [2.45, 2.75) is 19.9 Å². The summed E-state index contributed by atoms with van der Waals surface area (Å²) in [6.45, 7) is 3.83. The first-order valence-corrected chi connectivity index (χ1v) is 3.80. The molecule has 10 heavy (non-hydrogen) atoms. The summed E-state index contributed by atoms with van der Waals surface area (Å²) in [5.74, 6) is 0.923. The van der Waals surface area contributed by atoms with E-state index in [-0.39, 0.29) is 6.04 Å². The van der Waals surface area contributed by atoms with Crippen LogP contribution < -0.4 is 5.73 Å². The summed E-state index contributed by atoms with van der Waals surface area (Å²) in [6, 6.07) is 0.0116. The maximum atomic E-state index is 5.60. The summed E-state index contributed by atoms with van der Waals surface area (Å²) in [5, 5.41) is 0. The standard InChI is InChI=1S/C6H10BrN3/c1-4(8)6-3-10(7)5(2)9-6/h3-4H,8H2,1-2H3. The van der Waals surface area contributed by atoms with Crippen LogP contribution in [0, 0.1) is 6.92 Å². The number of hydrogen-bond donors (Lipinski definition) is 1. The summed E-state index contributed by atoms with van der Waals surface area (Å²) in [5.41, 5.74) is 6.51. The smallest absolute Gasteiger partial charge is 0.115 e. The average Bonchev–Trinajstić information content (AvgIpc) is 2.13. The van der Waals surface area contributed by atoms with E-state index in [0.717, 1.165) is 11.5 Å². The van der Waals surface area contributed by atoms with Gasteiger partial charge in [-0.15, -0.1) is 0 Å². The zero-order valence-corrected chi connectivity index (χ0v) is 7.59. The lowest BCUT2D eigenvalue weighted by molar-refractivity contribution is 0.786. The third kappa shape index (κ3) is 1.38. The van der Waals surface area contributed by atoms with Crippen molar-refractivity contribution in [2.24, 2.45) is 5.73 Å². The number of aromatic nitrogens is 2. The Morgan fingerprint density at radius 1 is 1.80 bits per heavy atom. The molecule has 0 bridgehead atoms. The Kier molecular flexibility index (Phi) is 2.11. The summed E-state index contributed by atoms with van der Waals surface area (Å²) in [7, 11) is 0. The zero-order chi connectivity index (χ0) is 7.72. The third-order valence-corrected chi connectivity index (χ3v) is 2.03. The number of aryl methyl sites for hydroxylation is 1. The summed E-state index contributed by atoms with van der Waals surface area (Å²) in [6.07, 6.45) is 1.88. The van der Waals surface area contributed by atoms with Gasteiger partial charge in [-0.05, 0) is 13.8 Å². The topological polar surface area (TPSA) is 43.8 Å². The molecule has 56 valence electrons. The van der Waals surface area contributed by atoms with Crippen molar-refractivity contribution >= 4 is 16.1 Å². The average molecular weight is 204 g/mol. The molecular weight excluding hydrogens is 194 g/mol. The molecule has 0 saturated carbocycles. The van der Waals surface area contributed by atoms with E-state index in [9.17, 15) is 0 Å². The monoisotopic (exact) mass is 203 g/mol. The minimum Gasteiger partial charge on any atom is -0.323 e. The van der Waals surface area contributed by atoms with E-state index in [2.05, 4.69) is 21.1 Å². The first kappa shape index (κ1) is 7.75. The van der Waals surface area contributed by atoms with Gasteiger partial charge in [0.25, 0.3) is 0 Å². The Hall–Kier alpha value is -0.350. The number of nitrogens with two attached hydrogens (primary N) is 1. The first-order chi connectivity index (χ1) is 4.61. The molecule has 0 aromatic carbocycles. The van der Waals surface area contributed by atoms with Crippen LogP contribution in [0.1, 0.15) is 24.5 Å². The van der Waals surface area contributed by atoms with E-state index in [0.29, 0.717) is 0 Å². The molecule has 3 nitrogen and oxygen atoms in total. The highest BCUT2D eigenvalue weighted by Gasteiger charge is 2.04. The van der Waals surface area contributed by atoms with E-state index in [1.807, 2.05) is 20.0 Å². The lowest BCUT2D eigenvalue weighted by Gasteiger charge is -1.95. The molecule has 1 unspecified atom stereocenters. The van der Waals surface area contributed by atoms with E-state index < -0.39 is 0 Å². The Labute approximate surface area is 68.6 Å². The summed E-state index contributed by atoms with van der Waals surface area (Å²) < 4.78 is 1.78. The second-order valence-electron chi connectivity index (χ2n) is 2.31. The van der Waals surface area contributed by atoms with Gasteiger partial charge < -0.3 is 5.73 Å². The molecule has 0 saturated heterocycles. The van der Waals surface area contributed by atoms with Gasteiger partial charge in [0.1, 0.15) is 5.82 Å². The maximum absolute atomic E-state index is 5.60. The van der Waals surface area contributed by atoms with Crippen molar-refractivity contribution in [2.75, 3.05) is 0 Å². The van der Waals surface area contributed by atoms with Gasteiger partial charge >= 0.3 is 0 Å². The lowest BCUT2D eigenvalue weighted by atomic mass is 10.3. The SMILES string of the molecule is Cc1nc(C(C)N)cn1Br. The number of nitrogens with zero attached hydrogens (tertiary/aromatic N) is 2. The molecule has 0 fully saturated rings. The van der Waals surface area contributed by atoms with Gasteiger partial charge in [-0.25, -0.2) is 4.98 Å². The fourth-order valence-electron chi connectivity index (χ4n) is 0.692. The summed E-state index contributed by atoms with van der Waals surface area (Å²) >= 11 is 3.28. The van der Waals surface area contributed by atoms with Crippen molar-refractivity contribution in [3.05, 3.63) is 17.7 Å². The Morgan fingerprint density at radius 2 is 2.40 bits per heavy atom. The van der Waals surface area contributed by atoms with Gasteiger partial charge in [-0.1, -0.05) is 0 Å². The fourth-order valence-corrected chi connectivity index (χ4v) is 0.981. The van der Waals surface area contributed by atoms with Crippen LogP contribution in [0.2, 0.25) is 0 Å². The molecule has 1 rings (SSSR count). The van der Waals surface area contributed by atoms with Crippen LogP contribution in [0.5, 0.6) is 0 Å². The predicted molar refractivity (Wildman–Crippen MR) is 43.9 cm³/mol. The zero-order valence-electron chi connectivity index (χ0n) is 6.00. The Morgan fingerprint density at radius 3 is 2.60 bits per heavy atom. The van der Waals surface area contributed by atoms with Gasteiger partial charge in [0.2, 0.25) is 0 Å². The molecule has 0 aliphatic heterocycles. The number of imidazole rings is 1. The molecule has 4 heteroatoms. The van der Waals surface area contributed by atoms with Crippen LogP contribution in [-0.2, 0) is 0 Å². The minimum atomic E-state index is 0.0116. The van der Waals surface area contributed by atoms with Gasteiger partial charge in [0.05, 0.1) is 21.8 Å². The van der Waals surface area contributed by atoms with Gasteiger partial charge in [-0.2, -0.15) is 0 Å². The first-order valence-electron chi connectivity index (χ1n) is 3.09. The van der Waals surface area contributed by atoms with Gasteiger partial charge in [0, 0.05) is 12.2 Å². The van der Waals surface area contributed by atoms with Crippen molar-refractivity contribution in [1.82, 2.24) is 8.58 Å². The molecule has 0 radical (unpaired) electrons. The van der Waals surface area contributed by atoms with Crippen molar-refractivity contribution in [1.29, 1.82) is 0 Å². The quantitative estimate of drug-likeness (QED) is 0.750. The van der Waals surface area contributed by atoms with E-state index in [1.165, 1.54) is 0 Å². The predicted octanol–water partition coefficient (Wildman–Crippen LogP) is 1.37. The second kappa shape index (κ2) is 2.72. The Balaban J connectivity index is 2.98. The molecule has 1 aromatic heterocycles. The normalized spacial score (nSPS) is 13.6. The molecule has 0 aliphatic carbocycles. The van der Waals surface area contributed by atoms with E-state index in [1.54, 1.807) is 3.59 Å². The van der Waals surface area contributed by atoms with E-state index in [4.69, 9.17) is 5.73 Å². The van der Waals surface area contributed by atoms with Crippen molar-refractivity contribution < 1.29 is 0 Å². The largest absolute Gasteiger partial charge is 0.323 e. The summed E-state index contributed by atoms with van der Waals surface area (Å²) in [4.78, 5) is 4.20. The highest BCUT2D eigenvalue weighted by Crippen LogP contribution is 2.10. The molecule has 0 aliphatic rings.